The van der Waals surface area contributed by atoms with Crippen LogP contribution in [0.3, 0.4) is 0 Å². The van der Waals surface area contributed by atoms with Crippen LogP contribution in [-0.2, 0) is 11.3 Å². The second-order valence-corrected chi connectivity index (χ2v) is 7.70. The summed E-state index contributed by atoms with van der Waals surface area (Å²) in [6.07, 6.45) is 2.49. The molecule has 2 rings (SSSR count). The van der Waals surface area contributed by atoms with E-state index in [0.717, 1.165) is 30.2 Å². The normalized spacial score (nSPS) is 12.9. The lowest BCUT2D eigenvalue weighted by Crippen LogP contribution is -2.52. The third kappa shape index (κ3) is 4.64. The Labute approximate surface area is 154 Å². The maximum atomic E-state index is 12.9. The average molecular weight is 359 g/mol. The fraction of sp³-hybridized carbons (Fsp3) is 0.500. The second-order valence-electron chi connectivity index (χ2n) is 7.70. The Bertz CT molecular complexity index is 774. The molecule has 0 saturated carbocycles. The van der Waals surface area contributed by atoms with E-state index in [9.17, 15) is 9.59 Å². The van der Waals surface area contributed by atoms with Crippen LogP contribution in [0.15, 0.2) is 30.3 Å². The molecule has 0 spiro atoms. The van der Waals surface area contributed by atoms with Crippen LogP contribution < -0.4 is 11.1 Å². The smallest absolute Gasteiger partial charge is 0.268 e. The summed E-state index contributed by atoms with van der Waals surface area (Å²) in [5.41, 5.74) is 6.52. The van der Waals surface area contributed by atoms with Crippen LogP contribution in [0.2, 0.25) is 0 Å². The summed E-state index contributed by atoms with van der Waals surface area (Å²) >= 11 is 0. The quantitative estimate of drug-likeness (QED) is 0.632. The molecule has 0 aliphatic rings. The van der Waals surface area contributed by atoms with Crippen molar-refractivity contribution < 1.29 is 14.7 Å². The van der Waals surface area contributed by atoms with E-state index in [0.29, 0.717) is 12.2 Å². The fourth-order valence-electron chi connectivity index (χ4n) is 3.12. The first-order valence-corrected chi connectivity index (χ1v) is 9.05. The van der Waals surface area contributed by atoms with Gasteiger partial charge in [0.2, 0.25) is 5.91 Å². The average Bonchev–Trinajstić information content (AvgIpc) is 2.94. The van der Waals surface area contributed by atoms with Crippen LogP contribution in [0.1, 0.15) is 50.5 Å². The van der Waals surface area contributed by atoms with E-state index in [-0.39, 0.29) is 12.5 Å². The minimum absolute atomic E-state index is 0.172. The molecule has 1 aromatic carbocycles. The van der Waals surface area contributed by atoms with Crippen molar-refractivity contribution in [3.63, 3.8) is 0 Å². The molecular weight excluding hydrogens is 330 g/mol. The van der Waals surface area contributed by atoms with E-state index in [4.69, 9.17) is 10.8 Å². The molecular formula is C20H29N3O3. The first-order valence-electron chi connectivity index (χ1n) is 9.05. The van der Waals surface area contributed by atoms with Gasteiger partial charge in [-0.15, -0.1) is 0 Å². The number of aromatic nitrogens is 1. The molecule has 0 aliphatic carbocycles. The minimum atomic E-state index is -0.754. The fourth-order valence-corrected chi connectivity index (χ4v) is 3.12. The lowest BCUT2D eigenvalue weighted by molar-refractivity contribution is -0.122. The number of primary amides is 1. The van der Waals surface area contributed by atoms with Gasteiger partial charge in [0.25, 0.3) is 5.91 Å². The highest BCUT2D eigenvalue weighted by atomic mass is 16.3. The van der Waals surface area contributed by atoms with Gasteiger partial charge in [0.15, 0.2) is 0 Å². The molecule has 1 aromatic heterocycles. The Morgan fingerprint density at radius 2 is 1.88 bits per heavy atom. The van der Waals surface area contributed by atoms with Gasteiger partial charge in [0.05, 0.1) is 0 Å². The van der Waals surface area contributed by atoms with Crippen LogP contribution >= 0.6 is 0 Å². The maximum absolute atomic E-state index is 12.9. The van der Waals surface area contributed by atoms with Gasteiger partial charge in [-0.25, -0.2) is 0 Å². The zero-order valence-electron chi connectivity index (χ0n) is 15.8. The highest BCUT2D eigenvalue weighted by Gasteiger charge is 2.32. The van der Waals surface area contributed by atoms with Gasteiger partial charge >= 0.3 is 0 Å². The summed E-state index contributed by atoms with van der Waals surface area (Å²) in [5, 5.41) is 12.7. The van der Waals surface area contributed by atoms with Gasteiger partial charge in [0, 0.05) is 24.1 Å². The van der Waals surface area contributed by atoms with Crippen molar-refractivity contribution in [2.24, 2.45) is 11.1 Å². The molecule has 26 heavy (non-hydrogen) atoms. The lowest BCUT2D eigenvalue weighted by Gasteiger charge is -2.28. The Kier molecular flexibility index (Phi) is 6.42. The zero-order chi connectivity index (χ0) is 19.3. The number of amides is 2. The number of nitrogens with zero attached hydrogens (tertiary/aromatic N) is 1. The standard InChI is InChI=1S/C20H29N3O3/c1-20(2,3)17(18(21)25)22-19(26)16-13-14-9-5-6-10-15(14)23(16)11-7-4-8-12-24/h5-6,9-10,13,17,24H,4,7-8,11-12H2,1-3H3,(H2,21,25)(H,22,26)/t17-/m1/s1. The SMILES string of the molecule is CC(C)(C)[C@H](NC(=O)c1cc2ccccc2n1CCCCCO)C(N)=O. The first kappa shape index (κ1) is 20.0. The predicted molar refractivity (Wildman–Crippen MR) is 103 cm³/mol. The van der Waals surface area contributed by atoms with Crippen LogP contribution in [0, 0.1) is 5.41 Å². The molecule has 0 aliphatic heterocycles. The Morgan fingerprint density at radius 3 is 2.50 bits per heavy atom. The van der Waals surface area contributed by atoms with Crippen LogP contribution in [0.5, 0.6) is 0 Å². The number of nitrogens with one attached hydrogen (secondary N) is 1. The Balaban J connectivity index is 2.31. The largest absolute Gasteiger partial charge is 0.396 e. The number of carbonyl (C=O) groups is 2. The molecule has 0 saturated heterocycles. The highest BCUT2D eigenvalue weighted by Crippen LogP contribution is 2.23. The number of benzene rings is 1. The number of hydrogen-bond acceptors (Lipinski definition) is 3. The number of hydrogen-bond donors (Lipinski definition) is 3. The monoisotopic (exact) mass is 359 g/mol. The van der Waals surface area contributed by atoms with Crippen LogP contribution in [0.4, 0.5) is 0 Å². The van der Waals surface area contributed by atoms with Gasteiger partial charge in [-0.2, -0.15) is 0 Å². The van der Waals surface area contributed by atoms with Crippen molar-refractivity contribution >= 4 is 22.7 Å². The molecule has 0 fully saturated rings. The molecule has 142 valence electrons. The van der Waals surface area contributed by atoms with Crippen molar-refractivity contribution in [3.8, 4) is 0 Å². The molecule has 0 radical (unpaired) electrons. The molecule has 6 nitrogen and oxygen atoms in total. The van der Waals surface area contributed by atoms with Crippen molar-refractivity contribution in [1.29, 1.82) is 0 Å². The topological polar surface area (TPSA) is 97.3 Å². The molecule has 1 heterocycles. The Hall–Kier alpha value is -2.34. The van der Waals surface area contributed by atoms with Crippen molar-refractivity contribution in [3.05, 3.63) is 36.0 Å². The van der Waals surface area contributed by atoms with Crippen molar-refractivity contribution in [2.45, 2.75) is 52.6 Å². The highest BCUT2D eigenvalue weighted by molar-refractivity contribution is 6.00. The third-order valence-corrected chi connectivity index (χ3v) is 4.51. The van der Waals surface area contributed by atoms with Crippen molar-refractivity contribution in [2.75, 3.05) is 6.61 Å². The van der Waals surface area contributed by atoms with Gasteiger partial charge in [-0.05, 0) is 36.8 Å². The maximum Gasteiger partial charge on any atom is 0.268 e. The summed E-state index contributed by atoms with van der Waals surface area (Å²) in [4.78, 5) is 24.7. The van der Waals surface area contributed by atoms with E-state index < -0.39 is 17.4 Å². The molecule has 6 heteroatoms. The second kappa shape index (κ2) is 8.36. The van der Waals surface area contributed by atoms with Crippen LogP contribution in [0.25, 0.3) is 10.9 Å². The van der Waals surface area contributed by atoms with E-state index in [1.807, 2.05) is 55.7 Å². The summed E-state index contributed by atoms with van der Waals surface area (Å²) in [6, 6.07) is 8.91. The number of nitrogens with two attached hydrogens (primary N) is 1. The summed E-state index contributed by atoms with van der Waals surface area (Å²) in [5.74, 6) is -0.849. The summed E-state index contributed by atoms with van der Waals surface area (Å²) in [7, 11) is 0. The van der Waals surface area contributed by atoms with Gasteiger partial charge in [-0.1, -0.05) is 39.0 Å². The lowest BCUT2D eigenvalue weighted by atomic mass is 9.86. The number of aryl methyl sites for hydroxylation is 1. The molecule has 4 N–H and O–H groups in total. The van der Waals surface area contributed by atoms with Gasteiger partial charge in [-0.3, -0.25) is 9.59 Å². The first-order chi connectivity index (χ1) is 12.3. The molecule has 2 amide bonds. The van der Waals surface area contributed by atoms with E-state index in [1.54, 1.807) is 0 Å². The predicted octanol–water partition coefficient (Wildman–Crippen LogP) is 2.43. The number of carbonyl (C=O) groups excluding carboxylic acids is 2. The van der Waals surface area contributed by atoms with E-state index in [1.165, 1.54) is 0 Å². The molecule has 0 unspecified atom stereocenters. The number of rotatable bonds is 8. The number of aliphatic hydroxyl groups is 1. The zero-order valence-corrected chi connectivity index (χ0v) is 15.8. The van der Waals surface area contributed by atoms with E-state index >= 15 is 0 Å². The molecule has 2 aromatic rings. The molecule has 1 atom stereocenters. The Morgan fingerprint density at radius 1 is 1.19 bits per heavy atom. The number of para-hydroxylation sites is 1. The van der Waals surface area contributed by atoms with Crippen LogP contribution in [-0.4, -0.2) is 34.1 Å². The van der Waals surface area contributed by atoms with Gasteiger partial charge in [0.1, 0.15) is 11.7 Å². The number of unbranched alkanes of at least 4 members (excludes halogenated alkanes) is 2. The minimum Gasteiger partial charge on any atom is -0.396 e. The van der Waals surface area contributed by atoms with Crippen molar-refractivity contribution in [1.82, 2.24) is 9.88 Å². The molecule has 0 bridgehead atoms. The third-order valence-electron chi connectivity index (χ3n) is 4.51. The van der Waals surface area contributed by atoms with Gasteiger partial charge < -0.3 is 20.7 Å². The number of fused-ring (bicyclic) bond motifs is 1. The summed E-state index contributed by atoms with van der Waals surface area (Å²) < 4.78 is 1.97. The summed E-state index contributed by atoms with van der Waals surface area (Å²) in [6.45, 7) is 6.45. The number of aliphatic hydroxyl groups excluding tert-OH is 1. The van der Waals surface area contributed by atoms with E-state index in [2.05, 4.69) is 5.32 Å².